The van der Waals surface area contributed by atoms with E-state index < -0.39 is 0 Å². The third-order valence-corrected chi connectivity index (χ3v) is 1.47. The fourth-order valence-corrected chi connectivity index (χ4v) is 0.935. The zero-order chi connectivity index (χ0) is 7.52. The standard InChI is InChI=1S/C8H7N3/c1-2-7-6-10-11-8(7)3-5-9-4-1/h1-6H,(H,10,11). The number of rotatable bonds is 0. The molecular weight excluding hydrogens is 138 g/mol. The topological polar surface area (TPSA) is 41.0 Å². The van der Waals surface area contributed by atoms with Gasteiger partial charge in [0.05, 0.1) is 11.9 Å². The van der Waals surface area contributed by atoms with Gasteiger partial charge in [0.25, 0.3) is 0 Å². The maximum atomic E-state index is 3.97. The Morgan fingerprint density at radius 2 is 2.27 bits per heavy atom. The molecule has 3 heteroatoms. The second-order valence-electron chi connectivity index (χ2n) is 2.21. The Morgan fingerprint density at radius 1 is 1.27 bits per heavy atom. The molecule has 11 heavy (non-hydrogen) atoms. The molecular formula is C8H7N3. The molecule has 0 spiro atoms. The summed E-state index contributed by atoms with van der Waals surface area (Å²) < 4.78 is 0. The Kier molecular flexibility index (Phi) is 1.41. The minimum atomic E-state index is 0.998. The molecule has 0 saturated carbocycles. The third-order valence-electron chi connectivity index (χ3n) is 1.47. The molecule has 0 atom stereocenters. The monoisotopic (exact) mass is 145 g/mol. The molecule has 1 N–H and O–H groups in total. The van der Waals surface area contributed by atoms with Crippen LogP contribution in [0.5, 0.6) is 0 Å². The summed E-state index contributed by atoms with van der Waals surface area (Å²) in [4.78, 5) is 3.97. The molecule has 1 aliphatic heterocycles. The van der Waals surface area contributed by atoms with Crippen molar-refractivity contribution in [3.05, 3.63) is 29.7 Å². The first kappa shape index (κ1) is 6.09. The molecule has 0 fully saturated rings. The summed E-state index contributed by atoms with van der Waals surface area (Å²) in [5.41, 5.74) is 2.09. The number of hydrogen-bond acceptors (Lipinski definition) is 2. The van der Waals surface area contributed by atoms with E-state index in [0.29, 0.717) is 0 Å². The van der Waals surface area contributed by atoms with E-state index in [0.717, 1.165) is 11.3 Å². The Labute approximate surface area is 64.2 Å². The lowest BCUT2D eigenvalue weighted by Gasteiger charge is -1.90. The number of aromatic nitrogens is 2. The number of nitrogens with zero attached hydrogens (tertiary/aromatic N) is 2. The molecule has 0 radical (unpaired) electrons. The number of aliphatic imine (C=N–C) groups is 1. The molecule has 54 valence electrons. The first-order valence-electron chi connectivity index (χ1n) is 3.36. The van der Waals surface area contributed by atoms with Crippen LogP contribution < -0.4 is 0 Å². The molecule has 0 unspecified atom stereocenters. The van der Waals surface area contributed by atoms with Crippen molar-refractivity contribution in [3.8, 4) is 0 Å². The van der Waals surface area contributed by atoms with E-state index in [4.69, 9.17) is 0 Å². The number of nitrogens with one attached hydrogen (secondary N) is 1. The lowest BCUT2D eigenvalue weighted by molar-refractivity contribution is 1.08. The number of aromatic amines is 1. The van der Waals surface area contributed by atoms with Crippen LogP contribution in [0.3, 0.4) is 0 Å². The molecule has 0 aromatic carbocycles. The maximum absolute atomic E-state index is 3.97. The molecule has 0 aliphatic carbocycles. The number of H-pyrrole nitrogens is 1. The van der Waals surface area contributed by atoms with Gasteiger partial charge in [0, 0.05) is 18.0 Å². The van der Waals surface area contributed by atoms with Gasteiger partial charge in [0.15, 0.2) is 0 Å². The molecule has 0 saturated heterocycles. The third kappa shape index (κ3) is 1.12. The minimum absolute atomic E-state index is 0.998. The van der Waals surface area contributed by atoms with Crippen molar-refractivity contribution < 1.29 is 0 Å². The molecule has 1 aromatic heterocycles. The van der Waals surface area contributed by atoms with E-state index in [9.17, 15) is 0 Å². The summed E-state index contributed by atoms with van der Waals surface area (Å²) in [5.74, 6) is 0. The summed E-state index contributed by atoms with van der Waals surface area (Å²) >= 11 is 0. The van der Waals surface area contributed by atoms with Gasteiger partial charge in [-0.05, 0) is 18.2 Å². The number of fused-ring (bicyclic) bond motifs is 1. The highest BCUT2D eigenvalue weighted by Gasteiger charge is 1.96. The molecule has 0 amide bonds. The predicted molar refractivity (Wildman–Crippen MR) is 45.1 cm³/mol. The van der Waals surface area contributed by atoms with Crippen LogP contribution in [0.4, 0.5) is 0 Å². The SMILES string of the molecule is C1=Cc2cn[nH]c2/C=C\N=C1. The fourth-order valence-electron chi connectivity index (χ4n) is 0.935. The second-order valence-corrected chi connectivity index (χ2v) is 2.21. The van der Waals surface area contributed by atoms with Crippen LogP contribution in [-0.4, -0.2) is 16.4 Å². The highest BCUT2D eigenvalue weighted by molar-refractivity contribution is 5.81. The van der Waals surface area contributed by atoms with Gasteiger partial charge in [-0.15, -0.1) is 0 Å². The van der Waals surface area contributed by atoms with Gasteiger partial charge < -0.3 is 0 Å². The van der Waals surface area contributed by atoms with Gasteiger partial charge in [-0.25, -0.2) is 0 Å². The van der Waals surface area contributed by atoms with Gasteiger partial charge in [0.1, 0.15) is 0 Å². The zero-order valence-electron chi connectivity index (χ0n) is 5.86. The van der Waals surface area contributed by atoms with E-state index in [-0.39, 0.29) is 0 Å². The van der Waals surface area contributed by atoms with Crippen LogP contribution in [0, 0.1) is 0 Å². The van der Waals surface area contributed by atoms with Gasteiger partial charge in [-0.3, -0.25) is 10.1 Å². The van der Waals surface area contributed by atoms with Crippen LogP contribution in [0.1, 0.15) is 11.3 Å². The van der Waals surface area contributed by atoms with Crippen LogP contribution in [0.2, 0.25) is 0 Å². The first-order chi connectivity index (χ1) is 5.47. The van der Waals surface area contributed by atoms with Crippen molar-refractivity contribution in [2.45, 2.75) is 0 Å². The number of allylic oxidation sites excluding steroid dienone is 1. The Morgan fingerprint density at radius 3 is 3.27 bits per heavy atom. The highest BCUT2D eigenvalue weighted by Crippen LogP contribution is 2.09. The average Bonchev–Trinajstić information content (AvgIpc) is 2.35. The number of hydrogen-bond donors (Lipinski definition) is 1. The Balaban J connectivity index is 2.52. The van der Waals surface area contributed by atoms with Gasteiger partial charge in [-0.2, -0.15) is 5.10 Å². The van der Waals surface area contributed by atoms with E-state index in [1.165, 1.54) is 0 Å². The molecule has 3 nitrogen and oxygen atoms in total. The molecule has 1 aliphatic rings. The van der Waals surface area contributed by atoms with Crippen molar-refractivity contribution in [1.82, 2.24) is 10.2 Å². The van der Waals surface area contributed by atoms with Gasteiger partial charge in [-0.1, -0.05) is 0 Å². The van der Waals surface area contributed by atoms with Crippen LogP contribution in [0.15, 0.2) is 23.5 Å². The first-order valence-corrected chi connectivity index (χ1v) is 3.36. The molecule has 0 bridgehead atoms. The van der Waals surface area contributed by atoms with E-state index in [1.807, 2.05) is 18.2 Å². The van der Waals surface area contributed by atoms with Crippen molar-refractivity contribution in [2.75, 3.05) is 0 Å². The summed E-state index contributed by atoms with van der Waals surface area (Å²) in [5, 5.41) is 6.77. The predicted octanol–water partition coefficient (Wildman–Crippen LogP) is 1.48. The Hall–Kier alpha value is -1.64. The highest BCUT2D eigenvalue weighted by atomic mass is 15.1. The lowest BCUT2D eigenvalue weighted by atomic mass is 10.2. The lowest BCUT2D eigenvalue weighted by Crippen LogP contribution is -1.77. The summed E-state index contributed by atoms with van der Waals surface area (Å²) in [7, 11) is 0. The minimum Gasteiger partial charge on any atom is -0.278 e. The van der Waals surface area contributed by atoms with E-state index >= 15 is 0 Å². The second kappa shape index (κ2) is 2.54. The van der Waals surface area contributed by atoms with E-state index in [1.54, 1.807) is 18.6 Å². The van der Waals surface area contributed by atoms with Crippen molar-refractivity contribution in [3.63, 3.8) is 0 Å². The van der Waals surface area contributed by atoms with Crippen molar-refractivity contribution in [2.24, 2.45) is 4.99 Å². The average molecular weight is 145 g/mol. The molecule has 2 rings (SSSR count). The Bertz CT molecular complexity index is 300. The van der Waals surface area contributed by atoms with Gasteiger partial charge in [0.2, 0.25) is 0 Å². The summed E-state index contributed by atoms with van der Waals surface area (Å²) in [6.45, 7) is 0. The quantitative estimate of drug-likeness (QED) is 0.590. The van der Waals surface area contributed by atoms with Gasteiger partial charge >= 0.3 is 0 Å². The normalized spacial score (nSPS) is 17.1. The van der Waals surface area contributed by atoms with Crippen molar-refractivity contribution in [1.29, 1.82) is 0 Å². The van der Waals surface area contributed by atoms with Crippen LogP contribution in [-0.2, 0) is 0 Å². The largest absolute Gasteiger partial charge is 0.278 e. The molecule has 2 heterocycles. The summed E-state index contributed by atoms with van der Waals surface area (Å²) in [6, 6.07) is 0. The fraction of sp³-hybridized carbons (Fsp3) is 0. The smallest absolute Gasteiger partial charge is 0.0665 e. The summed E-state index contributed by atoms with van der Waals surface area (Å²) in [6.07, 6.45) is 11.0. The van der Waals surface area contributed by atoms with Crippen molar-refractivity contribution >= 4 is 18.4 Å². The zero-order valence-corrected chi connectivity index (χ0v) is 5.86. The molecule has 1 aromatic rings. The van der Waals surface area contributed by atoms with Crippen LogP contribution >= 0.6 is 0 Å². The van der Waals surface area contributed by atoms with E-state index in [2.05, 4.69) is 15.2 Å². The maximum Gasteiger partial charge on any atom is 0.0665 e. The van der Waals surface area contributed by atoms with Crippen LogP contribution in [0.25, 0.3) is 12.2 Å².